The summed E-state index contributed by atoms with van der Waals surface area (Å²) in [6.45, 7) is 3.90. The quantitative estimate of drug-likeness (QED) is 0.410. The highest BCUT2D eigenvalue weighted by atomic mass is 32.2. The third-order valence-electron chi connectivity index (χ3n) is 3.75. The summed E-state index contributed by atoms with van der Waals surface area (Å²) in [7, 11) is 0. The van der Waals surface area contributed by atoms with E-state index in [4.69, 9.17) is 4.74 Å². The largest absolute Gasteiger partial charge is 0.439 e. The first-order chi connectivity index (χ1) is 12.5. The van der Waals surface area contributed by atoms with Crippen molar-refractivity contribution in [2.45, 2.75) is 31.2 Å². The standard InChI is InChI=1S/C20H18F2N2OS/c1-3-14-6-4-7-15(11-14)25-19-10-13(2)23-20(24-19)26-12-16-17(21)8-5-9-18(16)22/h4-11H,3,12H2,1-2H3. The zero-order chi connectivity index (χ0) is 18.5. The van der Waals surface area contributed by atoms with Crippen molar-refractivity contribution in [2.75, 3.05) is 0 Å². The Hall–Kier alpha value is -2.47. The second-order valence-electron chi connectivity index (χ2n) is 5.72. The van der Waals surface area contributed by atoms with Crippen LogP contribution in [0, 0.1) is 18.6 Å². The molecule has 0 bridgehead atoms. The molecule has 3 nitrogen and oxygen atoms in total. The molecule has 6 heteroatoms. The third-order valence-corrected chi connectivity index (χ3v) is 4.62. The molecule has 0 aliphatic heterocycles. The van der Waals surface area contributed by atoms with Crippen molar-refractivity contribution in [1.82, 2.24) is 9.97 Å². The van der Waals surface area contributed by atoms with Crippen molar-refractivity contribution < 1.29 is 13.5 Å². The van der Waals surface area contributed by atoms with Gasteiger partial charge >= 0.3 is 0 Å². The summed E-state index contributed by atoms with van der Waals surface area (Å²) in [4.78, 5) is 8.65. The number of aromatic nitrogens is 2. The van der Waals surface area contributed by atoms with Gasteiger partial charge in [0.2, 0.25) is 5.88 Å². The first-order valence-electron chi connectivity index (χ1n) is 8.23. The zero-order valence-corrected chi connectivity index (χ0v) is 15.3. The summed E-state index contributed by atoms with van der Waals surface area (Å²) >= 11 is 1.17. The van der Waals surface area contributed by atoms with Gasteiger partial charge in [-0.1, -0.05) is 36.9 Å². The van der Waals surface area contributed by atoms with Crippen LogP contribution in [0.5, 0.6) is 11.6 Å². The molecular weight excluding hydrogens is 354 g/mol. The van der Waals surface area contributed by atoms with E-state index in [0.29, 0.717) is 16.8 Å². The van der Waals surface area contributed by atoms with Crippen LogP contribution in [-0.4, -0.2) is 9.97 Å². The molecule has 0 amide bonds. The lowest BCUT2D eigenvalue weighted by Crippen LogP contribution is -1.97. The van der Waals surface area contributed by atoms with Crippen LogP contribution in [0.1, 0.15) is 23.7 Å². The Balaban J connectivity index is 1.77. The van der Waals surface area contributed by atoms with Gasteiger partial charge in [-0.2, -0.15) is 4.98 Å². The normalized spacial score (nSPS) is 10.8. The molecule has 1 heterocycles. The van der Waals surface area contributed by atoms with Crippen molar-refractivity contribution in [3.63, 3.8) is 0 Å². The summed E-state index contributed by atoms with van der Waals surface area (Å²) in [6, 6.07) is 13.3. The smallest absolute Gasteiger partial charge is 0.223 e. The average Bonchev–Trinajstić information content (AvgIpc) is 2.61. The van der Waals surface area contributed by atoms with E-state index in [1.54, 1.807) is 6.07 Å². The van der Waals surface area contributed by atoms with E-state index in [9.17, 15) is 8.78 Å². The molecule has 0 aliphatic carbocycles. The van der Waals surface area contributed by atoms with E-state index in [1.807, 2.05) is 31.2 Å². The van der Waals surface area contributed by atoms with Gasteiger partial charge in [-0.05, 0) is 43.2 Å². The number of aryl methyl sites for hydroxylation is 2. The highest BCUT2D eigenvalue weighted by Gasteiger charge is 2.11. The number of hydrogen-bond donors (Lipinski definition) is 0. The molecule has 1 aromatic heterocycles. The van der Waals surface area contributed by atoms with Gasteiger partial charge < -0.3 is 4.74 Å². The van der Waals surface area contributed by atoms with Gasteiger partial charge in [-0.15, -0.1) is 0 Å². The number of halogens is 2. The molecule has 0 atom stereocenters. The van der Waals surface area contributed by atoms with Crippen molar-refractivity contribution in [3.8, 4) is 11.6 Å². The summed E-state index contributed by atoms with van der Waals surface area (Å²) < 4.78 is 33.3. The van der Waals surface area contributed by atoms with Gasteiger partial charge in [0.25, 0.3) is 0 Å². The van der Waals surface area contributed by atoms with E-state index < -0.39 is 11.6 Å². The van der Waals surface area contributed by atoms with Crippen LogP contribution in [0.4, 0.5) is 8.78 Å². The average molecular weight is 372 g/mol. The van der Waals surface area contributed by atoms with E-state index in [-0.39, 0.29) is 11.3 Å². The van der Waals surface area contributed by atoms with Crippen LogP contribution in [-0.2, 0) is 12.2 Å². The Morgan fingerprint density at radius 3 is 2.46 bits per heavy atom. The lowest BCUT2D eigenvalue weighted by molar-refractivity contribution is 0.454. The summed E-state index contributed by atoms with van der Waals surface area (Å²) in [5, 5.41) is 0.411. The third kappa shape index (κ3) is 4.58. The molecule has 0 saturated heterocycles. The first kappa shape index (κ1) is 18.3. The SMILES string of the molecule is CCc1cccc(Oc2cc(C)nc(SCc3c(F)cccc3F)n2)c1. The molecule has 0 saturated carbocycles. The maximum atomic E-state index is 13.8. The maximum absolute atomic E-state index is 13.8. The molecular formula is C20H18F2N2OS. The van der Waals surface area contributed by atoms with Crippen LogP contribution in [0.3, 0.4) is 0 Å². The van der Waals surface area contributed by atoms with Gasteiger partial charge in [0.15, 0.2) is 5.16 Å². The van der Waals surface area contributed by atoms with E-state index in [2.05, 4.69) is 16.9 Å². The van der Waals surface area contributed by atoms with Crippen molar-refractivity contribution in [2.24, 2.45) is 0 Å². The number of benzene rings is 2. The van der Waals surface area contributed by atoms with Crippen LogP contribution in [0.2, 0.25) is 0 Å². The minimum Gasteiger partial charge on any atom is -0.439 e. The van der Waals surface area contributed by atoms with E-state index >= 15 is 0 Å². The lowest BCUT2D eigenvalue weighted by atomic mass is 10.2. The minimum atomic E-state index is -0.571. The zero-order valence-electron chi connectivity index (χ0n) is 14.5. The van der Waals surface area contributed by atoms with Gasteiger partial charge in [0.05, 0.1) is 0 Å². The molecule has 0 aliphatic rings. The van der Waals surface area contributed by atoms with E-state index in [1.165, 1.54) is 30.0 Å². The molecule has 0 fully saturated rings. The Morgan fingerprint density at radius 2 is 1.73 bits per heavy atom. The number of hydrogen-bond acceptors (Lipinski definition) is 4. The van der Waals surface area contributed by atoms with Crippen molar-refractivity contribution >= 4 is 11.8 Å². The molecule has 0 unspecified atom stereocenters. The lowest BCUT2D eigenvalue weighted by Gasteiger charge is -2.09. The minimum absolute atomic E-state index is 0.0146. The Morgan fingerprint density at radius 1 is 1.00 bits per heavy atom. The first-order valence-corrected chi connectivity index (χ1v) is 9.22. The number of rotatable bonds is 6. The molecule has 3 rings (SSSR count). The van der Waals surface area contributed by atoms with Gasteiger partial charge in [-0.25, -0.2) is 13.8 Å². The predicted molar refractivity (Wildman–Crippen MR) is 98.6 cm³/mol. The topological polar surface area (TPSA) is 35.0 Å². The highest BCUT2D eigenvalue weighted by molar-refractivity contribution is 7.98. The monoisotopic (exact) mass is 372 g/mol. The molecule has 134 valence electrons. The molecule has 0 radical (unpaired) electrons. The van der Waals surface area contributed by atoms with Crippen LogP contribution in [0.25, 0.3) is 0 Å². The second kappa shape index (κ2) is 8.27. The Kier molecular flexibility index (Phi) is 5.83. The van der Waals surface area contributed by atoms with Crippen molar-refractivity contribution in [3.05, 3.63) is 77.0 Å². The molecule has 0 spiro atoms. The number of thioether (sulfide) groups is 1. The van der Waals surface area contributed by atoms with Gasteiger partial charge in [0.1, 0.15) is 17.4 Å². The Bertz CT molecular complexity index is 898. The van der Waals surface area contributed by atoms with Crippen molar-refractivity contribution in [1.29, 1.82) is 0 Å². The van der Waals surface area contributed by atoms with E-state index in [0.717, 1.165) is 17.7 Å². The fraction of sp³-hybridized carbons (Fsp3) is 0.200. The summed E-state index contributed by atoms with van der Waals surface area (Å²) in [5.74, 6) is 0.0593. The summed E-state index contributed by atoms with van der Waals surface area (Å²) in [6.07, 6.45) is 0.912. The second-order valence-corrected chi connectivity index (χ2v) is 6.66. The maximum Gasteiger partial charge on any atom is 0.223 e. The summed E-state index contributed by atoms with van der Waals surface area (Å²) in [5.41, 5.74) is 1.90. The van der Waals surface area contributed by atoms with Crippen LogP contribution < -0.4 is 4.74 Å². The molecule has 26 heavy (non-hydrogen) atoms. The number of nitrogens with zero attached hydrogens (tertiary/aromatic N) is 2. The van der Waals surface area contributed by atoms with Gasteiger partial charge in [0, 0.05) is 23.1 Å². The molecule has 3 aromatic rings. The predicted octanol–water partition coefficient (Wildman–Crippen LogP) is 5.71. The highest BCUT2D eigenvalue weighted by Crippen LogP contribution is 2.27. The fourth-order valence-corrected chi connectivity index (χ4v) is 3.30. The Labute approximate surface area is 155 Å². The molecule has 0 N–H and O–H groups in total. The van der Waals surface area contributed by atoms with Crippen LogP contribution >= 0.6 is 11.8 Å². The van der Waals surface area contributed by atoms with Gasteiger partial charge in [-0.3, -0.25) is 0 Å². The fourth-order valence-electron chi connectivity index (χ4n) is 2.39. The number of ether oxygens (including phenoxy) is 1. The molecule has 2 aromatic carbocycles. The van der Waals surface area contributed by atoms with Crippen LogP contribution in [0.15, 0.2) is 53.7 Å².